The highest BCUT2D eigenvalue weighted by molar-refractivity contribution is 5.95. The summed E-state index contributed by atoms with van der Waals surface area (Å²) in [6.07, 6.45) is 2.60. The highest BCUT2D eigenvalue weighted by atomic mass is 19.4. The van der Waals surface area contributed by atoms with Crippen LogP contribution in [0.1, 0.15) is 106 Å². The van der Waals surface area contributed by atoms with Gasteiger partial charge in [-0.1, -0.05) is 94.5 Å². The number of carbonyl (C=O) groups excluding carboxylic acids is 2. The number of benzene rings is 3. The molecule has 1 aromatic heterocycles. The number of aliphatic hydroxyl groups is 1. The summed E-state index contributed by atoms with van der Waals surface area (Å²) in [5.74, 6) is -0.140. The third kappa shape index (κ3) is 13.9. The largest absolute Gasteiger partial charge is 0.416 e. The number of aromatic nitrogens is 2. The lowest BCUT2D eigenvalue weighted by atomic mass is 9.97. The summed E-state index contributed by atoms with van der Waals surface area (Å²) in [5, 5.41) is 30.3. The van der Waals surface area contributed by atoms with E-state index in [1.807, 2.05) is 58.0 Å². The molecule has 11 nitrogen and oxygen atoms in total. The first kappa shape index (κ1) is 48.2. The lowest BCUT2D eigenvalue weighted by molar-refractivity contribution is -0.138. The molecule has 1 aliphatic rings. The second kappa shape index (κ2) is 23.1. The standard InChI is InChI=1S/C48H67F3N8O3/c1-32(2)29-43(55-47(62)44(60)42(52)30-36-17-12-11-13-18-36)46(61)53-23-14-9-7-6-8-10-15-24-58-25-27-59(28-26-58)37-21-22-39-35(5)56-57-45(40(39)31-37)54-34(4)38-19-16-20-41(33(38)3)48(49,50)51/h11-13,16-22,31-32,34,42-44,60H,6-10,14-15,23-30,52H2,1-5H3,(H,53,61)(H,54,57)(H,55,62)/t34-,42-,43+,44+/m1/s1. The Hall–Kier alpha value is -4.79. The number of anilines is 2. The van der Waals surface area contributed by atoms with E-state index in [1.165, 1.54) is 25.8 Å². The molecule has 14 heteroatoms. The molecular formula is C48H67F3N8O3. The fourth-order valence-corrected chi connectivity index (χ4v) is 8.35. The molecule has 0 bridgehead atoms. The SMILES string of the molecule is Cc1c([C@@H](C)Nc2nnc(C)c3ccc(N4CCN(CCCCCCCCCNC(=O)[C@H](CC(C)C)NC(=O)[C@@H](O)[C@H](N)Cc5ccccc5)CC4)cc23)cccc1C(F)(F)F. The molecular weight excluding hydrogens is 794 g/mol. The monoisotopic (exact) mass is 861 g/mol. The Balaban J connectivity index is 0.975. The molecule has 0 aliphatic carbocycles. The number of nitrogens with two attached hydrogens (primary N) is 1. The number of halogens is 3. The average Bonchev–Trinajstić information content (AvgIpc) is 3.24. The zero-order valence-corrected chi connectivity index (χ0v) is 37.1. The Kier molecular flexibility index (Phi) is 17.9. The molecule has 1 saturated heterocycles. The number of rotatable bonds is 22. The van der Waals surface area contributed by atoms with Gasteiger partial charge >= 0.3 is 6.18 Å². The summed E-state index contributed by atoms with van der Waals surface area (Å²) in [7, 11) is 0. The predicted molar refractivity (Wildman–Crippen MR) is 242 cm³/mol. The van der Waals surface area contributed by atoms with Gasteiger partial charge in [-0.25, -0.2) is 0 Å². The van der Waals surface area contributed by atoms with Crippen LogP contribution >= 0.6 is 0 Å². The number of nitrogens with one attached hydrogen (secondary N) is 3. The fourth-order valence-electron chi connectivity index (χ4n) is 8.35. The van der Waals surface area contributed by atoms with Crippen LogP contribution in [0.2, 0.25) is 0 Å². The van der Waals surface area contributed by atoms with Crippen LogP contribution in [-0.2, 0) is 22.2 Å². The summed E-state index contributed by atoms with van der Waals surface area (Å²) in [6.45, 7) is 14.6. The number of alkyl halides is 3. The number of hydrogen-bond acceptors (Lipinski definition) is 9. The van der Waals surface area contributed by atoms with Crippen LogP contribution in [0.25, 0.3) is 10.8 Å². The number of aliphatic hydroxyl groups excluding tert-OH is 1. The molecule has 62 heavy (non-hydrogen) atoms. The summed E-state index contributed by atoms with van der Waals surface area (Å²) >= 11 is 0. The number of unbranched alkanes of at least 4 members (excludes halogenated alkanes) is 6. The van der Waals surface area contributed by atoms with Crippen molar-refractivity contribution in [1.29, 1.82) is 0 Å². The molecule has 0 saturated carbocycles. The Morgan fingerprint density at radius 3 is 2.18 bits per heavy atom. The van der Waals surface area contributed by atoms with Crippen molar-refractivity contribution in [2.45, 2.75) is 123 Å². The average molecular weight is 861 g/mol. The van der Waals surface area contributed by atoms with Gasteiger partial charge in [0.2, 0.25) is 5.91 Å². The predicted octanol–water partition coefficient (Wildman–Crippen LogP) is 7.87. The van der Waals surface area contributed by atoms with Crippen LogP contribution in [-0.4, -0.2) is 89.5 Å². The minimum absolute atomic E-state index is 0.174. The van der Waals surface area contributed by atoms with Gasteiger partial charge in [-0.2, -0.15) is 18.3 Å². The van der Waals surface area contributed by atoms with Crippen molar-refractivity contribution in [1.82, 2.24) is 25.7 Å². The molecule has 5 rings (SSSR count). The van der Waals surface area contributed by atoms with Crippen molar-refractivity contribution in [3.05, 3.63) is 94.7 Å². The minimum atomic E-state index is -4.42. The van der Waals surface area contributed by atoms with Crippen LogP contribution in [0, 0.1) is 19.8 Å². The summed E-state index contributed by atoms with van der Waals surface area (Å²) in [6, 6.07) is 18.1. The quantitative estimate of drug-likeness (QED) is 0.0498. The number of aryl methyl sites for hydroxylation is 1. The van der Waals surface area contributed by atoms with E-state index in [2.05, 4.69) is 54.1 Å². The van der Waals surface area contributed by atoms with E-state index < -0.39 is 41.9 Å². The Morgan fingerprint density at radius 2 is 1.50 bits per heavy atom. The molecule has 2 amide bonds. The van der Waals surface area contributed by atoms with Gasteiger partial charge in [-0.3, -0.25) is 14.5 Å². The highest BCUT2D eigenvalue weighted by Gasteiger charge is 2.33. The van der Waals surface area contributed by atoms with Crippen molar-refractivity contribution in [2.24, 2.45) is 11.7 Å². The first-order valence-corrected chi connectivity index (χ1v) is 22.4. The van der Waals surface area contributed by atoms with Crippen LogP contribution in [0.5, 0.6) is 0 Å². The molecule has 0 radical (unpaired) electrons. The first-order valence-electron chi connectivity index (χ1n) is 22.4. The van der Waals surface area contributed by atoms with Crippen molar-refractivity contribution in [3.8, 4) is 0 Å². The van der Waals surface area contributed by atoms with Crippen molar-refractivity contribution >= 4 is 34.1 Å². The molecule has 4 atom stereocenters. The van der Waals surface area contributed by atoms with Gasteiger partial charge in [0, 0.05) is 55.2 Å². The second-order valence-electron chi connectivity index (χ2n) is 17.3. The van der Waals surface area contributed by atoms with Gasteiger partial charge in [0.05, 0.1) is 17.3 Å². The van der Waals surface area contributed by atoms with Crippen LogP contribution in [0.4, 0.5) is 24.7 Å². The summed E-state index contributed by atoms with van der Waals surface area (Å²) < 4.78 is 40.9. The number of amides is 2. The van der Waals surface area contributed by atoms with Crippen LogP contribution in [0.15, 0.2) is 66.7 Å². The van der Waals surface area contributed by atoms with Crippen molar-refractivity contribution in [3.63, 3.8) is 0 Å². The van der Waals surface area contributed by atoms with Crippen LogP contribution in [0.3, 0.4) is 0 Å². The van der Waals surface area contributed by atoms with Crippen molar-refractivity contribution < 1.29 is 27.9 Å². The number of nitrogens with zero attached hydrogens (tertiary/aromatic N) is 4. The van der Waals surface area contributed by atoms with Crippen molar-refractivity contribution in [2.75, 3.05) is 49.5 Å². The molecule has 2 heterocycles. The van der Waals surface area contributed by atoms with E-state index in [-0.39, 0.29) is 17.4 Å². The Bertz CT molecular complexity index is 2040. The zero-order chi connectivity index (χ0) is 44.8. The minimum Gasteiger partial charge on any atom is -0.382 e. The number of carbonyl (C=O) groups is 2. The first-order chi connectivity index (χ1) is 29.6. The van der Waals surface area contributed by atoms with Gasteiger partial charge in [-0.15, -0.1) is 5.10 Å². The molecule has 338 valence electrons. The maximum Gasteiger partial charge on any atom is 0.416 e. The van der Waals surface area contributed by atoms with E-state index in [0.717, 1.165) is 98.6 Å². The molecule has 1 fully saturated rings. The highest BCUT2D eigenvalue weighted by Crippen LogP contribution is 2.36. The number of fused-ring (bicyclic) bond motifs is 1. The summed E-state index contributed by atoms with van der Waals surface area (Å²) in [5.41, 5.74) is 9.09. The lowest BCUT2D eigenvalue weighted by Gasteiger charge is -2.36. The second-order valence-corrected chi connectivity index (χ2v) is 17.3. The van der Waals surface area contributed by atoms with Gasteiger partial charge < -0.3 is 31.7 Å². The van der Waals surface area contributed by atoms with E-state index >= 15 is 0 Å². The zero-order valence-electron chi connectivity index (χ0n) is 37.1. The fraction of sp³-hybridized carbons (Fsp3) is 0.542. The molecule has 3 aromatic carbocycles. The Morgan fingerprint density at radius 1 is 0.823 bits per heavy atom. The smallest absolute Gasteiger partial charge is 0.382 e. The molecule has 6 N–H and O–H groups in total. The normalized spacial score (nSPS) is 15.6. The van der Waals surface area contributed by atoms with Gasteiger partial charge in [0.15, 0.2) is 5.82 Å². The van der Waals surface area contributed by atoms with E-state index in [0.29, 0.717) is 30.8 Å². The third-order valence-corrected chi connectivity index (χ3v) is 12.0. The van der Waals surface area contributed by atoms with E-state index in [9.17, 15) is 27.9 Å². The maximum atomic E-state index is 13.6. The van der Waals surface area contributed by atoms with Gasteiger partial charge in [-0.05, 0) is 93.8 Å². The molecule has 4 aromatic rings. The summed E-state index contributed by atoms with van der Waals surface area (Å²) in [4.78, 5) is 30.8. The molecule has 0 spiro atoms. The lowest BCUT2D eigenvalue weighted by Crippen LogP contribution is -2.54. The molecule has 1 aliphatic heterocycles. The van der Waals surface area contributed by atoms with E-state index in [1.54, 1.807) is 6.07 Å². The van der Waals surface area contributed by atoms with Gasteiger partial charge in [0.1, 0.15) is 12.1 Å². The Labute approximate surface area is 365 Å². The number of hydrogen-bond donors (Lipinski definition) is 5. The molecule has 0 unspecified atom stereocenters. The van der Waals surface area contributed by atoms with Gasteiger partial charge in [0.25, 0.3) is 5.91 Å². The third-order valence-electron chi connectivity index (χ3n) is 12.0. The van der Waals surface area contributed by atoms with E-state index in [4.69, 9.17) is 5.73 Å². The number of piperazine rings is 1. The van der Waals surface area contributed by atoms with Crippen LogP contribution < -0.4 is 26.6 Å². The maximum absolute atomic E-state index is 13.6. The topological polar surface area (TPSA) is 149 Å².